The SMILES string of the molecule is CCC(CC)C(CNC(=O)c1ccccc1NC(=O)c1cccs1)N1CCOCC1. The van der Waals surface area contributed by atoms with Crippen LogP contribution in [0, 0.1) is 5.92 Å². The monoisotopic (exact) mass is 429 g/mol. The van der Waals surface area contributed by atoms with Crippen LogP contribution in [0.25, 0.3) is 0 Å². The van der Waals surface area contributed by atoms with E-state index in [2.05, 4.69) is 29.4 Å². The zero-order valence-corrected chi connectivity index (χ0v) is 18.5. The van der Waals surface area contributed by atoms with E-state index in [0.717, 1.165) is 39.1 Å². The smallest absolute Gasteiger partial charge is 0.265 e. The zero-order valence-electron chi connectivity index (χ0n) is 17.7. The predicted octanol–water partition coefficient (Wildman–Crippen LogP) is 3.87. The van der Waals surface area contributed by atoms with E-state index in [-0.39, 0.29) is 17.9 Å². The summed E-state index contributed by atoms with van der Waals surface area (Å²) in [5.41, 5.74) is 1.01. The average molecular weight is 430 g/mol. The molecular weight excluding hydrogens is 398 g/mol. The van der Waals surface area contributed by atoms with E-state index in [9.17, 15) is 9.59 Å². The van der Waals surface area contributed by atoms with Gasteiger partial charge in [-0.3, -0.25) is 14.5 Å². The average Bonchev–Trinajstić information content (AvgIpc) is 3.32. The lowest BCUT2D eigenvalue weighted by Gasteiger charge is -2.38. The maximum absolute atomic E-state index is 13.0. The summed E-state index contributed by atoms with van der Waals surface area (Å²) in [6, 6.07) is 11.0. The van der Waals surface area contributed by atoms with Crippen molar-refractivity contribution in [2.24, 2.45) is 5.92 Å². The van der Waals surface area contributed by atoms with Gasteiger partial charge in [-0.2, -0.15) is 0 Å². The van der Waals surface area contributed by atoms with Gasteiger partial charge in [-0.15, -0.1) is 11.3 Å². The van der Waals surface area contributed by atoms with Crippen LogP contribution in [0.2, 0.25) is 0 Å². The Labute approximate surface area is 182 Å². The summed E-state index contributed by atoms with van der Waals surface area (Å²) in [5, 5.41) is 7.86. The molecule has 1 aromatic carbocycles. The molecule has 0 aliphatic carbocycles. The summed E-state index contributed by atoms with van der Waals surface area (Å²) in [5.74, 6) is 0.145. The Morgan fingerprint density at radius 1 is 1.07 bits per heavy atom. The van der Waals surface area contributed by atoms with Crippen LogP contribution in [0.3, 0.4) is 0 Å². The molecule has 0 radical (unpaired) electrons. The molecule has 2 amide bonds. The highest BCUT2D eigenvalue weighted by Gasteiger charge is 2.27. The number of ether oxygens (including phenoxy) is 1. The van der Waals surface area contributed by atoms with E-state index in [1.807, 2.05) is 23.6 Å². The summed E-state index contributed by atoms with van der Waals surface area (Å²) < 4.78 is 5.51. The van der Waals surface area contributed by atoms with E-state index < -0.39 is 0 Å². The van der Waals surface area contributed by atoms with Gasteiger partial charge in [0.1, 0.15) is 0 Å². The molecule has 2 N–H and O–H groups in total. The van der Waals surface area contributed by atoms with E-state index >= 15 is 0 Å². The van der Waals surface area contributed by atoms with Crippen molar-refractivity contribution < 1.29 is 14.3 Å². The van der Waals surface area contributed by atoms with Crippen LogP contribution >= 0.6 is 11.3 Å². The lowest BCUT2D eigenvalue weighted by atomic mass is 9.92. The van der Waals surface area contributed by atoms with Crippen molar-refractivity contribution >= 4 is 28.8 Å². The molecule has 1 saturated heterocycles. The van der Waals surface area contributed by atoms with Crippen LogP contribution in [0.5, 0.6) is 0 Å². The second kappa shape index (κ2) is 11.2. The molecule has 1 unspecified atom stereocenters. The summed E-state index contributed by atoms with van der Waals surface area (Å²) in [7, 11) is 0. The van der Waals surface area contributed by atoms with Crippen LogP contribution in [-0.2, 0) is 4.74 Å². The fourth-order valence-electron chi connectivity index (χ4n) is 4.01. The van der Waals surface area contributed by atoms with E-state index in [0.29, 0.717) is 28.6 Å². The van der Waals surface area contributed by atoms with Gasteiger partial charge in [0, 0.05) is 25.7 Å². The first-order valence-electron chi connectivity index (χ1n) is 10.7. The third-order valence-electron chi connectivity index (χ3n) is 5.74. The molecule has 2 aromatic rings. The Kier molecular flexibility index (Phi) is 8.42. The Balaban J connectivity index is 1.69. The van der Waals surface area contributed by atoms with Crippen molar-refractivity contribution in [1.29, 1.82) is 0 Å². The number of rotatable bonds is 9. The number of carbonyl (C=O) groups excluding carboxylic acids is 2. The molecule has 1 atom stereocenters. The highest BCUT2D eigenvalue weighted by atomic mass is 32.1. The number of benzene rings is 1. The number of hydrogen-bond donors (Lipinski definition) is 2. The van der Waals surface area contributed by atoms with Crippen LogP contribution in [0.15, 0.2) is 41.8 Å². The van der Waals surface area contributed by atoms with Crippen LogP contribution in [0.4, 0.5) is 5.69 Å². The van der Waals surface area contributed by atoms with Crippen LogP contribution in [0.1, 0.15) is 46.7 Å². The Morgan fingerprint density at radius 3 is 2.47 bits per heavy atom. The molecule has 3 rings (SSSR count). The molecule has 1 aromatic heterocycles. The molecule has 0 saturated carbocycles. The number of para-hydroxylation sites is 1. The standard InChI is InChI=1S/C23H31N3O3S/c1-3-17(4-2)20(26-11-13-29-14-12-26)16-24-22(27)18-8-5-6-9-19(18)25-23(28)21-10-7-15-30-21/h5-10,15,17,20H,3-4,11-14,16H2,1-2H3,(H,24,27)(H,25,28). The topological polar surface area (TPSA) is 70.7 Å². The number of morpholine rings is 1. The number of carbonyl (C=O) groups is 2. The van der Waals surface area contributed by atoms with Gasteiger partial charge < -0.3 is 15.4 Å². The molecule has 1 aliphatic rings. The van der Waals surface area contributed by atoms with Gasteiger partial charge in [0.2, 0.25) is 0 Å². The van der Waals surface area contributed by atoms with Crippen molar-refractivity contribution in [3.8, 4) is 0 Å². The number of amides is 2. The van der Waals surface area contributed by atoms with Gasteiger partial charge in [-0.25, -0.2) is 0 Å². The van der Waals surface area contributed by atoms with E-state index in [1.54, 1.807) is 18.2 Å². The largest absolute Gasteiger partial charge is 0.379 e. The zero-order chi connectivity index (χ0) is 21.3. The molecular formula is C23H31N3O3S. The van der Waals surface area contributed by atoms with Crippen LogP contribution in [-0.4, -0.2) is 55.6 Å². The number of thiophene rings is 1. The lowest BCUT2D eigenvalue weighted by Crippen LogP contribution is -2.52. The maximum atomic E-state index is 13.0. The van der Waals surface area contributed by atoms with Gasteiger partial charge in [0.25, 0.3) is 11.8 Å². The summed E-state index contributed by atoms with van der Waals surface area (Å²) >= 11 is 1.37. The Bertz CT molecular complexity index is 815. The van der Waals surface area contributed by atoms with Crippen molar-refractivity contribution in [3.63, 3.8) is 0 Å². The lowest BCUT2D eigenvalue weighted by molar-refractivity contribution is 0.00191. The van der Waals surface area contributed by atoms with Gasteiger partial charge in [0.05, 0.1) is 29.3 Å². The number of hydrogen-bond acceptors (Lipinski definition) is 5. The normalized spacial score (nSPS) is 15.7. The Hall–Kier alpha value is -2.22. The quantitative estimate of drug-likeness (QED) is 0.635. The molecule has 6 nitrogen and oxygen atoms in total. The minimum Gasteiger partial charge on any atom is -0.379 e. The predicted molar refractivity (Wildman–Crippen MR) is 121 cm³/mol. The third-order valence-corrected chi connectivity index (χ3v) is 6.61. The highest BCUT2D eigenvalue weighted by Crippen LogP contribution is 2.21. The second-order valence-corrected chi connectivity index (χ2v) is 8.43. The van der Waals surface area contributed by atoms with E-state index in [4.69, 9.17) is 4.74 Å². The van der Waals surface area contributed by atoms with Crippen LogP contribution < -0.4 is 10.6 Å². The van der Waals surface area contributed by atoms with Gasteiger partial charge in [0.15, 0.2) is 0 Å². The molecule has 0 spiro atoms. The fraction of sp³-hybridized carbons (Fsp3) is 0.478. The number of nitrogens with one attached hydrogen (secondary N) is 2. The van der Waals surface area contributed by atoms with Gasteiger partial charge in [-0.05, 0) is 29.5 Å². The minimum atomic E-state index is -0.200. The van der Waals surface area contributed by atoms with Gasteiger partial charge in [-0.1, -0.05) is 44.9 Å². The first kappa shape index (κ1) is 22.5. The fourth-order valence-corrected chi connectivity index (χ4v) is 4.63. The van der Waals surface area contributed by atoms with E-state index in [1.165, 1.54) is 11.3 Å². The summed E-state index contributed by atoms with van der Waals surface area (Å²) in [4.78, 5) is 28.5. The molecule has 1 aliphatic heterocycles. The van der Waals surface area contributed by atoms with Gasteiger partial charge >= 0.3 is 0 Å². The molecule has 2 heterocycles. The minimum absolute atomic E-state index is 0.165. The van der Waals surface area contributed by atoms with Crippen molar-refractivity contribution in [3.05, 3.63) is 52.2 Å². The number of anilines is 1. The molecule has 1 fully saturated rings. The molecule has 30 heavy (non-hydrogen) atoms. The van der Waals surface area contributed by atoms with Crippen molar-refractivity contribution in [2.75, 3.05) is 38.2 Å². The Morgan fingerprint density at radius 2 is 1.80 bits per heavy atom. The number of nitrogens with zero attached hydrogens (tertiary/aromatic N) is 1. The van der Waals surface area contributed by atoms with Crippen molar-refractivity contribution in [1.82, 2.24) is 10.2 Å². The van der Waals surface area contributed by atoms with Crippen molar-refractivity contribution in [2.45, 2.75) is 32.7 Å². The second-order valence-electron chi connectivity index (χ2n) is 7.48. The third kappa shape index (κ3) is 5.68. The molecule has 7 heteroatoms. The summed E-state index contributed by atoms with van der Waals surface area (Å²) in [6.45, 7) is 8.26. The highest BCUT2D eigenvalue weighted by molar-refractivity contribution is 7.12. The maximum Gasteiger partial charge on any atom is 0.265 e. The summed E-state index contributed by atoms with van der Waals surface area (Å²) in [6.07, 6.45) is 2.14. The molecule has 162 valence electrons. The first-order valence-corrected chi connectivity index (χ1v) is 11.6. The molecule has 0 bridgehead atoms. The first-order chi connectivity index (χ1) is 14.6.